The van der Waals surface area contributed by atoms with E-state index in [1.165, 1.54) is 17.6 Å². The van der Waals surface area contributed by atoms with Crippen LogP contribution in [0.15, 0.2) is 18.2 Å². The molecule has 0 spiro atoms. The Morgan fingerprint density at radius 3 is 2.69 bits per heavy atom. The van der Waals surface area contributed by atoms with Crippen LogP contribution in [0.3, 0.4) is 0 Å². The molecule has 70 valence electrons. The highest BCUT2D eigenvalue weighted by molar-refractivity contribution is 5.96. The molecule has 0 radical (unpaired) electrons. The second kappa shape index (κ2) is 3.88. The van der Waals surface area contributed by atoms with E-state index in [0.717, 1.165) is 0 Å². The number of benzene rings is 1. The van der Waals surface area contributed by atoms with Crippen LogP contribution in [0.1, 0.15) is 15.9 Å². The molecule has 0 aliphatic rings. The van der Waals surface area contributed by atoms with Gasteiger partial charge < -0.3 is 10.8 Å². The highest BCUT2D eigenvalue weighted by Gasteiger charge is 2.09. The molecule has 0 aliphatic carbocycles. The summed E-state index contributed by atoms with van der Waals surface area (Å²) in [6.45, 7) is 0.286. The van der Waals surface area contributed by atoms with Crippen molar-refractivity contribution in [3.8, 4) is 5.75 Å². The molecule has 0 saturated carbocycles. The zero-order chi connectivity index (χ0) is 9.84. The molecule has 13 heavy (non-hydrogen) atoms. The molecule has 0 fully saturated rings. The average Bonchev–Trinajstić information content (AvgIpc) is 2.16. The molecule has 0 aliphatic heterocycles. The van der Waals surface area contributed by atoms with Crippen molar-refractivity contribution < 1.29 is 15.1 Å². The number of amides is 1. The van der Waals surface area contributed by atoms with E-state index in [0.29, 0.717) is 5.56 Å². The van der Waals surface area contributed by atoms with Crippen molar-refractivity contribution >= 4 is 5.91 Å². The molecule has 0 aromatic heterocycles. The Balaban J connectivity index is 3.05. The first-order chi connectivity index (χ1) is 6.19. The molecule has 0 atom stereocenters. The fraction of sp³-hybridized carbons (Fsp3) is 0.125. The van der Waals surface area contributed by atoms with E-state index in [2.05, 4.69) is 0 Å². The van der Waals surface area contributed by atoms with E-state index in [1.807, 2.05) is 0 Å². The fourth-order valence-electron chi connectivity index (χ4n) is 0.956. The first kappa shape index (κ1) is 9.50. The molecule has 1 amide bonds. The smallest absolute Gasteiger partial charge is 0.278 e. The molecule has 0 unspecified atom stereocenters. The van der Waals surface area contributed by atoms with Crippen molar-refractivity contribution in [3.05, 3.63) is 29.3 Å². The fourth-order valence-corrected chi connectivity index (χ4v) is 0.956. The van der Waals surface area contributed by atoms with Gasteiger partial charge in [-0.2, -0.15) is 0 Å². The monoisotopic (exact) mass is 182 g/mol. The van der Waals surface area contributed by atoms with Crippen LogP contribution in [0.25, 0.3) is 0 Å². The maximum absolute atomic E-state index is 10.9. The Morgan fingerprint density at radius 2 is 2.23 bits per heavy atom. The van der Waals surface area contributed by atoms with Gasteiger partial charge in [0, 0.05) is 6.54 Å². The SMILES string of the molecule is NCc1ccc(C(=O)NO)c(O)c1. The summed E-state index contributed by atoms with van der Waals surface area (Å²) in [6.07, 6.45) is 0. The summed E-state index contributed by atoms with van der Waals surface area (Å²) in [5.41, 5.74) is 7.47. The van der Waals surface area contributed by atoms with Crippen molar-refractivity contribution in [2.45, 2.75) is 6.54 Å². The highest BCUT2D eigenvalue weighted by atomic mass is 16.5. The maximum atomic E-state index is 10.9. The molecule has 5 N–H and O–H groups in total. The second-order valence-electron chi connectivity index (χ2n) is 2.50. The zero-order valence-electron chi connectivity index (χ0n) is 6.82. The zero-order valence-corrected chi connectivity index (χ0v) is 6.82. The minimum absolute atomic E-state index is 0.0136. The van der Waals surface area contributed by atoms with Crippen molar-refractivity contribution in [2.75, 3.05) is 0 Å². The van der Waals surface area contributed by atoms with Gasteiger partial charge in [0.2, 0.25) is 0 Å². The van der Waals surface area contributed by atoms with Gasteiger partial charge >= 0.3 is 0 Å². The molecule has 5 heteroatoms. The summed E-state index contributed by atoms with van der Waals surface area (Å²) in [6, 6.07) is 4.37. The van der Waals surface area contributed by atoms with Crippen LogP contribution in [0.2, 0.25) is 0 Å². The van der Waals surface area contributed by atoms with Crippen LogP contribution in [0, 0.1) is 0 Å². The summed E-state index contributed by atoms with van der Waals surface area (Å²) in [5.74, 6) is -0.949. The third kappa shape index (κ3) is 1.95. The lowest BCUT2D eigenvalue weighted by Crippen LogP contribution is -2.18. The van der Waals surface area contributed by atoms with Gasteiger partial charge in [0.05, 0.1) is 5.56 Å². The van der Waals surface area contributed by atoms with Gasteiger partial charge in [-0.05, 0) is 17.7 Å². The maximum Gasteiger partial charge on any atom is 0.278 e. The Kier molecular flexibility index (Phi) is 2.84. The number of aromatic hydroxyl groups is 1. The lowest BCUT2D eigenvalue weighted by Gasteiger charge is -2.03. The van der Waals surface area contributed by atoms with E-state index in [-0.39, 0.29) is 17.9 Å². The van der Waals surface area contributed by atoms with Crippen LogP contribution in [0.4, 0.5) is 0 Å². The first-order valence-electron chi connectivity index (χ1n) is 3.65. The van der Waals surface area contributed by atoms with E-state index in [9.17, 15) is 9.90 Å². The number of carbonyl (C=O) groups excluding carboxylic acids is 1. The van der Waals surface area contributed by atoms with Crippen LogP contribution in [-0.4, -0.2) is 16.2 Å². The molecule has 1 aromatic carbocycles. The number of nitrogens with one attached hydrogen (secondary N) is 1. The predicted molar refractivity (Wildman–Crippen MR) is 45.3 cm³/mol. The van der Waals surface area contributed by atoms with Crippen molar-refractivity contribution in [1.29, 1.82) is 0 Å². The quantitative estimate of drug-likeness (QED) is 0.381. The number of hydrogen-bond acceptors (Lipinski definition) is 4. The lowest BCUT2D eigenvalue weighted by molar-refractivity contribution is 0.0703. The molecule has 1 rings (SSSR count). The summed E-state index contributed by atoms with van der Waals surface area (Å²) in [4.78, 5) is 10.9. The number of hydroxylamine groups is 1. The van der Waals surface area contributed by atoms with Crippen LogP contribution < -0.4 is 11.2 Å². The first-order valence-corrected chi connectivity index (χ1v) is 3.65. The van der Waals surface area contributed by atoms with Gasteiger partial charge in [0.25, 0.3) is 5.91 Å². The minimum Gasteiger partial charge on any atom is -0.507 e. The summed E-state index contributed by atoms with van der Waals surface area (Å²) >= 11 is 0. The van der Waals surface area contributed by atoms with Gasteiger partial charge in [0.1, 0.15) is 5.75 Å². The third-order valence-corrected chi connectivity index (χ3v) is 1.64. The number of nitrogens with two attached hydrogens (primary N) is 1. The van der Waals surface area contributed by atoms with Crippen molar-refractivity contribution in [2.24, 2.45) is 5.73 Å². The van der Waals surface area contributed by atoms with Gasteiger partial charge in [-0.15, -0.1) is 0 Å². The Hall–Kier alpha value is -1.59. The summed E-state index contributed by atoms with van der Waals surface area (Å²) in [7, 11) is 0. The predicted octanol–water partition coefficient (Wildman–Crippen LogP) is -0.0301. The van der Waals surface area contributed by atoms with E-state index < -0.39 is 5.91 Å². The highest BCUT2D eigenvalue weighted by Crippen LogP contribution is 2.18. The Labute approximate surface area is 74.8 Å². The van der Waals surface area contributed by atoms with Crippen LogP contribution in [0.5, 0.6) is 5.75 Å². The normalized spacial score (nSPS) is 9.69. The third-order valence-electron chi connectivity index (χ3n) is 1.64. The number of rotatable bonds is 2. The average molecular weight is 182 g/mol. The number of carbonyl (C=O) groups is 1. The van der Waals surface area contributed by atoms with E-state index >= 15 is 0 Å². The Bertz CT molecular complexity index is 325. The molecule has 0 saturated heterocycles. The molecule has 0 heterocycles. The molecule has 0 bridgehead atoms. The standard InChI is InChI=1S/C8H10N2O3/c9-4-5-1-2-6(7(11)3-5)8(12)10-13/h1-3,11,13H,4,9H2,(H,10,12). The second-order valence-corrected chi connectivity index (χ2v) is 2.50. The lowest BCUT2D eigenvalue weighted by atomic mass is 10.1. The van der Waals surface area contributed by atoms with E-state index in [4.69, 9.17) is 10.9 Å². The molecule has 5 nitrogen and oxygen atoms in total. The Morgan fingerprint density at radius 1 is 1.54 bits per heavy atom. The topological polar surface area (TPSA) is 95.6 Å². The number of phenols is 1. The van der Waals surface area contributed by atoms with Gasteiger partial charge in [-0.1, -0.05) is 6.07 Å². The summed E-state index contributed by atoms with van der Waals surface area (Å²) in [5, 5.41) is 17.6. The molecular formula is C8H10N2O3. The van der Waals surface area contributed by atoms with Crippen LogP contribution >= 0.6 is 0 Å². The summed E-state index contributed by atoms with van der Waals surface area (Å²) < 4.78 is 0. The number of hydrogen-bond donors (Lipinski definition) is 4. The minimum atomic E-state index is -0.749. The van der Waals surface area contributed by atoms with Crippen molar-refractivity contribution in [3.63, 3.8) is 0 Å². The van der Waals surface area contributed by atoms with Crippen molar-refractivity contribution in [1.82, 2.24) is 5.48 Å². The van der Waals surface area contributed by atoms with Crippen LogP contribution in [-0.2, 0) is 6.54 Å². The van der Waals surface area contributed by atoms with Gasteiger partial charge in [0.15, 0.2) is 0 Å². The van der Waals surface area contributed by atoms with Gasteiger partial charge in [-0.25, -0.2) is 5.48 Å². The largest absolute Gasteiger partial charge is 0.507 e. The number of phenolic OH excluding ortho intramolecular Hbond substituents is 1. The van der Waals surface area contributed by atoms with Gasteiger partial charge in [-0.3, -0.25) is 10.0 Å². The van der Waals surface area contributed by atoms with E-state index in [1.54, 1.807) is 6.07 Å². The molecular weight excluding hydrogens is 172 g/mol. The molecule has 1 aromatic rings.